The van der Waals surface area contributed by atoms with Crippen LogP contribution in [0.3, 0.4) is 0 Å². The average Bonchev–Trinajstić information content (AvgIpc) is 3.55. The molecular formula is C83H152O5. The van der Waals surface area contributed by atoms with Crippen LogP contribution >= 0.6 is 0 Å². The Hall–Kier alpha value is -2.66. The number of carbonyl (C=O) groups excluding carboxylic acids is 2. The molecule has 5 heteroatoms. The molecule has 0 rings (SSSR count). The van der Waals surface area contributed by atoms with Crippen LogP contribution in [0.5, 0.6) is 0 Å². The van der Waals surface area contributed by atoms with Crippen molar-refractivity contribution in [1.29, 1.82) is 0 Å². The van der Waals surface area contributed by atoms with Crippen LogP contribution in [0, 0.1) is 0 Å². The zero-order chi connectivity index (χ0) is 63.3. The summed E-state index contributed by atoms with van der Waals surface area (Å²) in [7, 11) is 0. The molecule has 1 atom stereocenters. The van der Waals surface area contributed by atoms with Gasteiger partial charge < -0.3 is 14.6 Å². The molecule has 0 aliphatic heterocycles. The van der Waals surface area contributed by atoms with Gasteiger partial charge in [0.2, 0.25) is 0 Å². The van der Waals surface area contributed by atoms with Gasteiger partial charge in [-0.25, -0.2) is 0 Å². The summed E-state index contributed by atoms with van der Waals surface area (Å²) in [5.74, 6) is -0.567. The van der Waals surface area contributed by atoms with Crippen molar-refractivity contribution in [2.45, 2.75) is 431 Å². The van der Waals surface area contributed by atoms with E-state index in [4.69, 9.17) is 9.47 Å². The number of hydrogen-bond donors (Lipinski definition) is 1. The van der Waals surface area contributed by atoms with E-state index in [2.05, 4.69) is 86.8 Å². The van der Waals surface area contributed by atoms with E-state index in [1.165, 1.54) is 327 Å². The minimum Gasteiger partial charge on any atom is -0.462 e. The van der Waals surface area contributed by atoms with Crippen LogP contribution in [0.15, 0.2) is 72.9 Å². The second-order valence-electron chi connectivity index (χ2n) is 26.8. The highest BCUT2D eigenvalue weighted by Crippen LogP contribution is 2.20. The van der Waals surface area contributed by atoms with Crippen LogP contribution in [0.2, 0.25) is 0 Å². The molecule has 0 amide bonds. The fourth-order valence-electron chi connectivity index (χ4n) is 12.2. The van der Waals surface area contributed by atoms with Crippen LogP contribution in [0.1, 0.15) is 425 Å². The van der Waals surface area contributed by atoms with Crippen LogP contribution in [-0.2, 0) is 19.1 Å². The van der Waals surface area contributed by atoms with E-state index < -0.39 is 6.10 Å². The summed E-state index contributed by atoms with van der Waals surface area (Å²) >= 11 is 0. The van der Waals surface area contributed by atoms with Crippen molar-refractivity contribution in [3.05, 3.63) is 72.9 Å². The molecule has 1 N–H and O–H groups in total. The van der Waals surface area contributed by atoms with E-state index in [9.17, 15) is 14.7 Å². The highest BCUT2D eigenvalue weighted by Gasteiger charge is 2.16. The van der Waals surface area contributed by atoms with E-state index in [0.29, 0.717) is 12.8 Å². The van der Waals surface area contributed by atoms with Crippen molar-refractivity contribution in [2.24, 2.45) is 0 Å². The van der Waals surface area contributed by atoms with Gasteiger partial charge in [-0.3, -0.25) is 9.59 Å². The van der Waals surface area contributed by atoms with Crippen LogP contribution in [-0.4, -0.2) is 36.4 Å². The standard InChI is InChI=1S/C83H152O5/c1-3-5-7-9-11-13-15-17-19-21-23-25-27-29-31-33-35-37-39-41-43-45-47-49-51-53-55-57-59-61-63-65-67-69-71-73-75-77-82(85)87-80-81(79-84)88-83(86)78-76-74-72-70-68-66-64-62-60-58-56-54-52-50-48-46-44-42-40-38-36-34-32-30-28-26-24-22-20-18-16-14-12-10-8-6-4-2/h6,8,12,14,18,20,24,26,30,32,36,38,81,84H,3-5,7,9-11,13,15-17,19,21-23,25,27-29,31,33-35,37,39-80H2,1-2H3/b8-6-,14-12-,20-18-,26-24-,32-30-,38-36-. The van der Waals surface area contributed by atoms with Gasteiger partial charge in [-0.05, 0) is 64.2 Å². The van der Waals surface area contributed by atoms with Crippen LogP contribution in [0.4, 0.5) is 0 Å². The lowest BCUT2D eigenvalue weighted by atomic mass is 10.0. The molecule has 0 aliphatic carbocycles. The molecule has 88 heavy (non-hydrogen) atoms. The minimum absolute atomic E-state index is 0.0610. The second-order valence-corrected chi connectivity index (χ2v) is 26.8. The maximum Gasteiger partial charge on any atom is 0.306 e. The number of carbonyl (C=O) groups is 2. The first-order chi connectivity index (χ1) is 43.6. The first-order valence-corrected chi connectivity index (χ1v) is 39.5. The van der Waals surface area contributed by atoms with Crippen molar-refractivity contribution in [1.82, 2.24) is 0 Å². The Morgan fingerprint density at radius 1 is 0.273 bits per heavy atom. The van der Waals surface area contributed by atoms with Crippen molar-refractivity contribution in [2.75, 3.05) is 13.2 Å². The molecule has 514 valence electrons. The molecular weight excluding hydrogens is 1080 g/mol. The van der Waals surface area contributed by atoms with Crippen LogP contribution < -0.4 is 0 Å². The van der Waals surface area contributed by atoms with E-state index in [-0.39, 0.29) is 25.2 Å². The van der Waals surface area contributed by atoms with Crippen molar-refractivity contribution in [3.8, 4) is 0 Å². The Balaban J connectivity index is 3.39. The number of esters is 2. The number of hydrogen-bond acceptors (Lipinski definition) is 5. The Morgan fingerprint density at radius 3 is 0.739 bits per heavy atom. The predicted molar refractivity (Wildman–Crippen MR) is 390 cm³/mol. The summed E-state index contributed by atoms with van der Waals surface area (Å²) in [4.78, 5) is 24.7. The number of unbranched alkanes of at least 4 members (excludes halogenated alkanes) is 54. The fraction of sp³-hybridized carbons (Fsp3) is 0.831. The first-order valence-electron chi connectivity index (χ1n) is 39.5. The number of aliphatic hydroxyl groups excluding tert-OH is 1. The topological polar surface area (TPSA) is 72.8 Å². The third kappa shape index (κ3) is 75.8. The maximum absolute atomic E-state index is 12.4. The lowest BCUT2D eigenvalue weighted by molar-refractivity contribution is -0.161. The molecule has 5 nitrogen and oxygen atoms in total. The largest absolute Gasteiger partial charge is 0.462 e. The lowest BCUT2D eigenvalue weighted by Gasteiger charge is -2.15. The van der Waals surface area contributed by atoms with Gasteiger partial charge in [0, 0.05) is 12.8 Å². The van der Waals surface area contributed by atoms with Crippen molar-refractivity contribution < 1.29 is 24.2 Å². The number of aliphatic hydroxyl groups is 1. The summed E-state index contributed by atoms with van der Waals surface area (Å²) < 4.78 is 10.8. The predicted octanol–water partition coefficient (Wildman–Crippen LogP) is 27.8. The normalized spacial score (nSPS) is 12.5. The molecule has 0 radical (unpaired) electrons. The third-order valence-corrected chi connectivity index (χ3v) is 18.0. The zero-order valence-electron chi connectivity index (χ0n) is 59.3. The van der Waals surface area contributed by atoms with E-state index in [0.717, 1.165) is 70.6 Å². The molecule has 0 aromatic rings. The first kappa shape index (κ1) is 85.3. The second kappa shape index (κ2) is 78.6. The van der Waals surface area contributed by atoms with E-state index in [1.54, 1.807) is 0 Å². The van der Waals surface area contributed by atoms with Gasteiger partial charge in [0.15, 0.2) is 6.10 Å². The summed E-state index contributed by atoms with van der Waals surface area (Å²) in [6.45, 7) is 4.09. The SMILES string of the molecule is CC/C=C\C/C=C\C/C=C\C/C=C\C/C=C\C/C=C\CCCCCCCCCCCCCCCCCCCCC(=O)OC(CO)COC(=O)CCCCCCCCCCCCCCCCCCCCCCCCCCCCCCCCCCCCCCC. The Kier molecular flexibility index (Phi) is 76.2. The molecule has 0 fully saturated rings. The van der Waals surface area contributed by atoms with Gasteiger partial charge in [-0.2, -0.15) is 0 Å². The number of allylic oxidation sites excluding steroid dienone is 12. The Labute approximate surface area is 550 Å². The molecule has 0 saturated carbocycles. The monoisotopic (exact) mass is 1230 g/mol. The quantitative estimate of drug-likeness (QED) is 0.0373. The number of ether oxygens (including phenoxy) is 2. The third-order valence-electron chi connectivity index (χ3n) is 18.0. The highest BCUT2D eigenvalue weighted by atomic mass is 16.6. The van der Waals surface area contributed by atoms with Gasteiger partial charge in [0.05, 0.1) is 6.61 Å². The molecule has 0 aromatic carbocycles. The van der Waals surface area contributed by atoms with E-state index in [1.807, 2.05) is 0 Å². The fourth-order valence-corrected chi connectivity index (χ4v) is 12.2. The minimum atomic E-state index is -0.773. The summed E-state index contributed by atoms with van der Waals surface area (Å²) in [6, 6.07) is 0. The zero-order valence-corrected chi connectivity index (χ0v) is 59.3. The smallest absolute Gasteiger partial charge is 0.306 e. The van der Waals surface area contributed by atoms with Gasteiger partial charge in [-0.1, -0.05) is 421 Å². The molecule has 0 aromatic heterocycles. The van der Waals surface area contributed by atoms with Gasteiger partial charge in [0.25, 0.3) is 0 Å². The molecule has 1 unspecified atom stereocenters. The lowest BCUT2D eigenvalue weighted by Crippen LogP contribution is -2.28. The highest BCUT2D eigenvalue weighted by molar-refractivity contribution is 5.70. The summed E-state index contributed by atoms with van der Waals surface area (Å²) in [5, 5.41) is 9.73. The Morgan fingerprint density at radius 2 is 0.489 bits per heavy atom. The van der Waals surface area contributed by atoms with Gasteiger partial charge >= 0.3 is 11.9 Å². The molecule has 0 spiro atoms. The summed E-state index contributed by atoms with van der Waals surface area (Å²) in [6.07, 6.45) is 110. The maximum atomic E-state index is 12.4. The van der Waals surface area contributed by atoms with Gasteiger partial charge in [-0.15, -0.1) is 0 Å². The van der Waals surface area contributed by atoms with Gasteiger partial charge in [0.1, 0.15) is 6.61 Å². The van der Waals surface area contributed by atoms with E-state index >= 15 is 0 Å². The Bertz CT molecular complexity index is 1540. The molecule has 0 bridgehead atoms. The summed E-state index contributed by atoms with van der Waals surface area (Å²) in [5.41, 5.74) is 0. The van der Waals surface area contributed by atoms with Crippen LogP contribution in [0.25, 0.3) is 0 Å². The van der Waals surface area contributed by atoms with Crippen molar-refractivity contribution in [3.63, 3.8) is 0 Å². The van der Waals surface area contributed by atoms with Crippen molar-refractivity contribution >= 4 is 11.9 Å². The average molecular weight is 1230 g/mol. The molecule has 0 heterocycles. The molecule has 0 saturated heterocycles. The number of rotatable bonds is 74. The molecule has 0 aliphatic rings.